The van der Waals surface area contributed by atoms with E-state index in [-0.39, 0.29) is 5.92 Å². The highest BCUT2D eigenvalue weighted by Crippen LogP contribution is 2.40. The number of hydrogen-bond donors (Lipinski definition) is 1. The van der Waals surface area contributed by atoms with Crippen molar-refractivity contribution in [1.82, 2.24) is 4.98 Å². The Balaban J connectivity index is 2.00. The molecule has 4 rings (SSSR count). The van der Waals surface area contributed by atoms with Crippen molar-refractivity contribution < 1.29 is 0 Å². The number of H-pyrrole nitrogens is 1. The van der Waals surface area contributed by atoms with E-state index in [1.165, 1.54) is 37.5 Å². The standard InChI is InChI=1S/C21H19NS/c1-14-12-13-19(23-14)21(16-8-4-3-5-9-16)20-15(2)22-18-11-7-6-10-17(18)20/h3-13,21-22H,1-2H3. The molecule has 114 valence electrons. The molecule has 1 atom stereocenters. The number of benzene rings is 2. The van der Waals surface area contributed by atoms with Gasteiger partial charge in [-0.3, -0.25) is 0 Å². The van der Waals surface area contributed by atoms with Crippen LogP contribution in [0.4, 0.5) is 0 Å². The van der Waals surface area contributed by atoms with Crippen molar-refractivity contribution >= 4 is 22.2 Å². The summed E-state index contributed by atoms with van der Waals surface area (Å²) in [7, 11) is 0. The smallest absolute Gasteiger partial charge is 0.0459 e. The Bertz CT molecular complexity index is 946. The van der Waals surface area contributed by atoms with Gasteiger partial charge in [0.15, 0.2) is 0 Å². The highest BCUT2D eigenvalue weighted by molar-refractivity contribution is 7.12. The van der Waals surface area contributed by atoms with Gasteiger partial charge in [0.25, 0.3) is 0 Å². The lowest BCUT2D eigenvalue weighted by Crippen LogP contribution is -2.02. The van der Waals surface area contributed by atoms with E-state index in [1.807, 2.05) is 11.3 Å². The van der Waals surface area contributed by atoms with E-state index in [4.69, 9.17) is 0 Å². The van der Waals surface area contributed by atoms with Crippen LogP contribution >= 0.6 is 11.3 Å². The van der Waals surface area contributed by atoms with Crippen molar-refractivity contribution in [2.45, 2.75) is 19.8 Å². The summed E-state index contributed by atoms with van der Waals surface area (Å²) in [6.45, 7) is 4.37. The van der Waals surface area contributed by atoms with Crippen molar-refractivity contribution in [1.29, 1.82) is 0 Å². The molecule has 0 fully saturated rings. The molecule has 0 aliphatic rings. The number of thiophene rings is 1. The van der Waals surface area contributed by atoms with E-state index in [0.717, 1.165) is 0 Å². The van der Waals surface area contributed by atoms with Gasteiger partial charge in [-0.15, -0.1) is 11.3 Å². The highest BCUT2D eigenvalue weighted by atomic mass is 32.1. The average molecular weight is 317 g/mol. The van der Waals surface area contributed by atoms with E-state index in [1.54, 1.807) is 0 Å². The minimum absolute atomic E-state index is 0.283. The minimum atomic E-state index is 0.283. The lowest BCUT2D eigenvalue weighted by atomic mass is 9.88. The molecule has 0 bridgehead atoms. The second kappa shape index (κ2) is 5.71. The third-order valence-electron chi connectivity index (χ3n) is 4.41. The number of aromatic amines is 1. The monoisotopic (exact) mass is 317 g/mol. The van der Waals surface area contributed by atoms with Gasteiger partial charge in [0.1, 0.15) is 0 Å². The van der Waals surface area contributed by atoms with E-state index >= 15 is 0 Å². The maximum atomic E-state index is 3.56. The predicted molar refractivity (Wildman–Crippen MR) is 99.5 cm³/mol. The summed E-state index contributed by atoms with van der Waals surface area (Å²) in [6, 6.07) is 23.9. The van der Waals surface area contributed by atoms with E-state index in [9.17, 15) is 0 Å². The molecule has 1 nitrogen and oxygen atoms in total. The van der Waals surface area contributed by atoms with Gasteiger partial charge in [0.05, 0.1) is 0 Å². The van der Waals surface area contributed by atoms with Crippen molar-refractivity contribution in [3.8, 4) is 0 Å². The minimum Gasteiger partial charge on any atom is -0.358 e. The summed E-state index contributed by atoms with van der Waals surface area (Å²) in [6.07, 6.45) is 0. The first kappa shape index (κ1) is 14.3. The van der Waals surface area contributed by atoms with E-state index in [0.29, 0.717) is 0 Å². The molecule has 0 saturated heterocycles. The Labute approximate surface area is 140 Å². The fraction of sp³-hybridized carbons (Fsp3) is 0.143. The van der Waals surface area contributed by atoms with Crippen molar-refractivity contribution in [2.75, 3.05) is 0 Å². The van der Waals surface area contributed by atoms with E-state index < -0.39 is 0 Å². The van der Waals surface area contributed by atoms with Crippen molar-refractivity contribution in [3.05, 3.63) is 93.3 Å². The summed E-state index contributed by atoms with van der Waals surface area (Å²) in [5.41, 5.74) is 5.22. The van der Waals surface area contributed by atoms with Crippen LogP contribution in [-0.4, -0.2) is 4.98 Å². The van der Waals surface area contributed by atoms with Crippen LogP contribution in [0.3, 0.4) is 0 Å². The van der Waals surface area contributed by atoms with Crippen LogP contribution in [0.1, 0.15) is 32.5 Å². The van der Waals surface area contributed by atoms with E-state index in [2.05, 4.69) is 85.6 Å². The summed E-state index contributed by atoms with van der Waals surface area (Å²) in [5, 5.41) is 1.32. The van der Waals surface area contributed by atoms with Crippen LogP contribution in [0.5, 0.6) is 0 Å². The molecular formula is C21H19NS. The maximum Gasteiger partial charge on any atom is 0.0459 e. The maximum absolute atomic E-state index is 3.56. The number of hydrogen-bond acceptors (Lipinski definition) is 1. The predicted octanol–water partition coefficient (Wildman–Crippen LogP) is 6.03. The van der Waals surface area contributed by atoms with Gasteiger partial charge >= 0.3 is 0 Å². The highest BCUT2D eigenvalue weighted by Gasteiger charge is 2.23. The summed E-state index contributed by atoms with van der Waals surface area (Å²) >= 11 is 1.89. The molecule has 0 aliphatic carbocycles. The number of aromatic nitrogens is 1. The quantitative estimate of drug-likeness (QED) is 0.475. The zero-order chi connectivity index (χ0) is 15.8. The molecule has 1 unspecified atom stereocenters. The Morgan fingerprint density at radius 3 is 2.30 bits per heavy atom. The number of rotatable bonds is 3. The van der Waals surface area contributed by atoms with Crippen LogP contribution in [-0.2, 0) is 0 Å². The second-order valence-electron chi connectivity index (χ2n) is 6.00. The Hall–Kier alpha value is -2.32. The lowest BCUT2D eigenvalue weighted by molar-refractivity contribution is 0.994. The number of nitrogens with one attached hydrogen (secondary N) is 1. The van der Waals surface area contributed by atoms with Crippen LogP contribution in [0.15, 0.2) is 66.7 Å². The lowest BCUT2D eigenvalue weighted by Gasteiger charge is -2.17. The molecule has 0 amide bonds. The fourth-order valence-electron chi connectivity index (χ4n) is 3.40. The first-order valence-electron chi connectivity index (χ1n) is 7.92. The van der Waals surface area contributed by atoms with Crippen LogP contribution < -0.4 is 0 Å². The molecule has 1 N–H and O–H groups in total. The van der Waals surface area contributed by atoms with Crippen LogP contribution in [0.2, 0.25) is 0 Å². The molecule has 4 aromatic rings. The average Bonchev–Trinajstić information content (AvgIpc) is 3.13. The molecule has 0 aliphatic heterocycles. The number of fused-ring (bicyclic) bond motifs is 1. The normalized spacial score (nSPS) is 12.6. The molecule has 2 heteroatoms. The second-order valence-corrected chi connectivity index (χ2v) is 7.32. The Morgan fingerprint density at radius 2 is 1.57 bits per heavy atom. The first-order valence-corrected chi connectivity index (χ1v) is 8.74. The number of aryl methyl sites for hydroxylation is 2. The third-order valence-corrected chi connectivity index (χ3v) is 5.48. The van der Waals surface area contributed by atoms with Gasteiger partial charge in [-0.05, 0) is 43.2 Å². The van der Waals surface area contributed by atoms with Crippen molar-refractivity contribution in [3.63, 3.8) is 0 Å². The van der Waals surface area contributed by atoms with Gasteiger partial charge < -0.3 is 4.98 Å². The molecule has 2 aromatic carbocycles. The van der Waals surface area contributed by atoms with Gasteiger partial charge in [0.2, 0.25) is 0 Å². The third kappa shape index (κ3) is 2.49. The molecule has 2 heterocycles. The first-order chi connectivity index (χ1) is 11.2. The number of para-hydroxylation sites is 1. The SMILES string of the molecule is Cc1ccc(C(c2ccccc2)c2c(C)[nH]c3ccccc23)s1. The summed E-state index contributed by atoms with van der Waals surface area (Å²) < 4.78 is 0. The topological polar surface area (TPSA) is 15.8 Å². The van der Waals surface area contributed by atoms with Gasteiger partial charge in [-0.25, -0.2) is 0 Å². The molecule has 0 radical (unpaired) electrons. The summed E-state index contributed by atoms with van der Waals surface area (Å²) in [5.74, 6) is 0.283. The molecule has 0 spiro atoms. The molecule has 23 heavy (non-hydrogen) atoms. The van der Waals surface area contributed by atoms with Crippen LogP contribution in [0.25, 0.3) is 10.9 Å². The van der Waals surface area contributed by atoms with Gasteiger partial charge in [-0.2, -0.15) is 0 Å². The molecular weight excluding hydrogens is 298 g/mol. The van der Waals surface area contributed by atoms with Crippen LogP contribution in [0, 0.1) is 13.8 Å². The van der Waals surface area contributed by atoms with Crippen molar-refractivity contribution in [2.24, 2.45) is 0 Å². The fourth-order valence-corrected chi connectivity index (χ4v) is 4.41. The Kier molecular flexibility index (Phi) is 3.55. The zero-order valence-corrected chi connectivity index (χ0v) is 14.2. The molecule has 2 aromatic heterocycles. The zero-order valence-electron chi connectivity index (χ0n) is 13.3. The largest absolute Gasteiger partial charge is 0.358 e. The summed E-state index contributed by atoms with van der Waals surface area (Å²) in [4.78, 5) is 6.32. The van der Waals surface area contributed by atoms with Gasteiger partial charge in [0, 0.05) is 32.3 Å². The Morgan fingerprint density at radius 1 is 0.826 bits per heavy atom. The van der Waals surface area contributed by atoms with Gasteiger partial charge in [-0.1, -0.05) is 48.5 Å². The molecule has 0 saturated carbocycles.